The number of anilines is 1. The van der Waals surface area contributed by atoms with Crippen LogP contribution in [0.15, 0.2) is 18.2 Å². The predicted octanol–water partition coefficient (Wildman–Crippen LogP) is 2.29. The van der Waals surface area contributed by atoms with E-state index in [9.17, 15) is 9.59 Å². The van der Waals surface area contributed by atoms with Gasteiger partial charge in [0, 0.05) is 10.7 Å². The van der Waals surface area contributed by atoms with Gasteiger partial charge in [-0.25, -0.2) is 4.79 Å². The van der Waals surface area contributed by atoms with Gasteiger partial charge in [0.2, 0.25) is 0 Å². The number of hydrogen-bond acceptors (Lipinski definition) is 3. The fraction of sp³-hybridized carbons (Fsp3) is 0.429. The highest BCUT2D eigenvalue weighted by atomic mass is 35.5. The lowest BCUT2D eigenvalue weighted by atomic mass is 9.98. The monoisotopic (exact) mass is 293 g/mol. The van der Waals surface area contributed by atoms with E-state index >= 15 is 0 Å². The summed E-state index contributed by atoms with van der Waals surface area (Å²) in [5, 5.41) is 3.39. The number of benzene rings is 1. The molecule has 0 radical (unpaired) electrons. The lowest BCUT2D eigenvalue weighted by Gasteiger charge is -2.20. The zero-order chi connectivity index (χ0) is 14.3. The minimum atomic E-state index is -0.668. The number of imide groups is 1. The Morgan fingerprint density at radius 2 is 2.00 bits per heavy atom. The first-order chi connectivity index (χ1) is 9.52. The molecular formula is C14H16ClN3O2. The molecule has 106 valence electrons. The molecule has 1 aliphatic carbocycles. The highest BCUT2D eigenvalue weighted by molar-refractivity contribution is 6.30. The summed E-state index contributed by atoms with van der Waals surface area (Å²) < 4.78 is 0. The summed E-state index contributed by atoms with van der Waals surface area (Å²) in [7, 11) is 0. The highest BCUT2D eigenvalue weighted by Gasteiger charge is 2.52. The number of nitrogens with zero attached hydrogens (tertiary/aromatic N) is 1. The zero-order valence-electron chi connectivity index (χ0n) is 11.0. The van der Waals surface area contributed by atoms with Gasteiger partial charge in [-0.3, -0.25) is 9.69 Å². The van der Waals surface area contributed by atoms with Gasteiger partial charge in [-0.1, -0.05) is 30.5 Å². The molecule has 1 aromatic rings. The summed E-state index contributed by atoms with van der Waals surface area (Å²) in [6.45, 7) is 0.190. The average Bonchev–Trinajstić information content (AvgIpc) is 2.94. The lowest BCUT2D eigenvalue weighted by Crippen LogP contribution is -2.44. The Balaban J connectivity index is 1.84. The van der Waals surface area contributed by atoms with Crippen LogP contribution in [0.1, 0.15) is 31.2 Å². The molecule has 3 amide bonds. The average molecular weight is 294 g/mol. The second-order valence-corrected chi connectivity index (χ2v) is 5.89. The van der Waals surface area contributed by atoms with E-state index in [1.54, 1.807) is 18.2 Å². The van der Waals surface area contributed by atoms with Crippen LogP contribution in [-0.2, 0) is 11.3 Å². The van der Waals surface area contributed by atoms with Gasteiger partial charge in [0.1, 0.15) is 5.54 Å². The van der Waals surface area contributed by atoms with E-state index < -0.39 is 5.54 Å². The Bertz CT molecular complexity index is 582. The maximum absolute atomic E-state index is 12.5. The maximum Gasteiger partial charge on any atom is 0.325 e. The molecule has 5 nitrogen and oxygen atoms in total. The van der Waals surface area contributed by atoms with E-state index in [-0.39, 0.29) is 18.5 Å². The van der Waals surface area contributed by atoms with E-state index in [4.69, 9.17) is 17.3 Å². The summed E-state index contributed by atoms with van der Waals surface area (Å²) in [4.78, 5) is 25.8. The number of nitrogens with one attached hydrogen (secondary N) is 1. The largest absolute Gasteiger partial charge is 0.398 e. The van der Waals surface area contributed by atoms with Gasteiger partial charge >= 0.3 is 6.03 Å². The number of carbonyl (C=O) groups excluding carboxylic acids is 2. The van der Waals surface area contributed by atoms with E-state index in [0.717, 1.165) is 31.2 Å². The third kappa shape index (κ3) is 2.02. The van der Waals surface area contributed by atoms with Gasteiger partial charge < -0.3 is 11.1 Å². The molecule has 3 N–H and O–H groups in total. The van der Waals surface area contributed by atoms with Crippen LogP contribution < -0.4 is 11.1 Å². The number of nitrogen functional groups attached to an aromatic ring is 1. The standard InChI is InChI=1S/C14H16ClN3O2/c15-10-4-3-9(11(16)7-10)8-18-12(19)14(17-13(18)20)5-1-2-6-14/h3-4,7H,1-2,5-6,8,16H2,(H,17,20). The Kier molecular flexibility index (Phi) is 3.09. The molecule has 0 atom stereocenters. The van der Waals surface area contributed by atoms with Gasteiger partial charge in [0.05, 0.1) is 6.54 Å². The van der Waals surface area contributed by atoms with E-state index in [0.29, 0.717) is 10.7 Å². The van der Waals surface area contributed by atoms with Crippen molar-refractivity contribution >= 4 is 29.2 Å². The third-order valence-corrected chi connectivity index (χ3v) is 4.37. The molecular weight excluding hydrogens is 278 g/mol. The molecule has 2 fully saturated rings. The summed E-state index contributed by atoms with van der Waals surface area (Å²) >= 11 is 5.85. The minimum Gasteiger partial charge on any atom is -0.398 e. The van der Waals surface area contributed by atoms with Gasteiger partial charge in [0.25, 0.3) is 5.91 Å². The molecule has 20 heavy (non-hydrogen) atoms. The molecule has 3 rings (SSSR count). The summed E-state index contributed by atoms with van der Waals surface area (Å²) in [5.41, 5.74) is 6.43. The molecule has 0 bridgehead atoms. The van der Waals surface area contributed by atoms with E-state index in [1.807, 2.05) is 0 Å². The molecule has 2 aliphatic rings. The topological polar surface area (TPSA) is 75.4 Å². The molecule has 1 aliphatic heterocycles. The molecule has 1 aromatic carbocycles. The highest BCUT2D eigenvalue weighted by Crippen LogP contribution is 2.36. The van der Waals surface area contributed by atoms with E-state index in [2.05, 4.69) is 5.32 Å². The second-order valence-electron chi connectivity index (χ2n) is 5.45. The number of hydrogen-bond donors (Lipinski definition) is 2. The van der Waals surface area contributed by atoms with Gasteiger partial charge in [-0.05, 0) is 30.5 Å². The number of nitrogens with two attached hydrogens (primary N) is 1. The van der Waals surface area contributed by atoms with Crippen molar-refractivity contribution in [2.75, 3.05) is 5.73 Å². The predicted molar refractivity (Wildman–Crippen MR) is 76.1 cm³/mol. The Labute approximate surface area is 122 Å². The van der Waals surface area contributed by atoms with Crippen LogP contribution in [0.3, 0.4) is 0 Å². The third-order valence-electron chi connectivity index (χ3n) is 4.14. The first-order valence-electron chi connectivity index (χ1n) is 6.70. The van der Waals surface area contributed by atoms with Crippen molar-refractivity contribution in [2.45, 2.75) is 37.8 Å². The normalized spacial score (nSPS) is 20.8. The van der Waals surface area contributed by atoms with Crippen LogP contribution in [-0.4, -0.2) is 22.4 Å². The smallest absolute Gasteiger partial charge is 0.325 e. The van der Waals surface area contributed by atoms with Crippen LogP contribution in [0.4, 0.5) is 10.5 Å². The summed E-state index contributed by atoms with van der Waals surface area (Å²) in [6.07, 6.45) is 3.40. The fourth-order valence-corrected chi connectivity index (χ4v) is 3.20. The molecule has 1 saturated heterocycles. The molecule has 1 saturated carbocycles. The van der Waals surface area contributed by atoms with Crippen LogP contribution in [0.5, 0.6) is 0 Å². The first-order valence-corrected chi connectivity index (χ1v) is 7.08. The van der Waals surface area contributed by atoms with Crippen molar-refractivity contribution in [1.82, 2.24) is 10.2 Å². The van der Waals surface area contributed by atoms with Crippen molar-refractivity contribution in [1.29, 1.82) is 0 Å². The van der Waals surface area contributed by atoms with Crippen LogP contribution in [0.2, 0.25) is 5.02 Å². The van der Waals surface area contributed by atoms with Gasteiger partial charge in [-0.2, -0.15) is 0 Å². The number of urea groups is 1. The number of carbonyl (C=O) groups is 2. The summed E-state index contributed by atoms with van der Waals surface area (Å²) in [5.74, 6) is -0.130. The molecule has 6 heteroatoms. The summed E-state index contributed by atoms with van der Waals surface area (Å²) in [6, 6.07) is 4.75. The van der Waals surface area contributed by atoms with E-state index in [1.165, 1.54) is 4.90 Å². The maximum atomic E-state index is 12.5. The number of amides is 3. The quantitative estimate of drug-likeness (QED) is 0.649. The second kappa shape index (κ2) is 4.66. The lowest BCUT2D eigenvalue weighted by molar-refractivity contribution is -0.131. The Morgan fingerprint density at radius 3 is 2.65 bits per heavy atom. The minimum absolute atomic E-state index is 0.130. The Morgan fingerprint density at radius 1 is 1.30 bits per heavy atom. The fourth-order valence-electron chi connectivity index (χ4n) is 3.02. The number of rotatable bonds is 2. The van der Waals surface area contributed by atoms with Crippen molar-refractivity contribution in [2.24, 2.45) is 0 Å². The van der Waals surface area contributed by atoms with Crippen LogP contribution in [0.25, 0.3) is 0 Å². The molecule has 0 aromatic heterocycles. The van der Waals surface area contributed by atoms with Crippen molar-refractivity contribution in [3.8, 4) is 0 Å². The molecule has 0 unspecified atom stereocenters. The van der Waals surface area contributed by atoms with Gasteiger partial charge in [0.15, 0.2) is 0 Å². The van der Waals surface area contributed by atoms with Crippen LogP contribution in [0, 0.1) is 0 Å². The van der Waals surface area contributed by atoms with Crippen LogP contribution >= 0.6 is 11.6 Å². The SMILES string of the molecule is Nc1cc(Cl)ccc1CN1C(=O)NC2(CCCC2)C1=O. The number of halogens is 1. The first kappa shape index (κ1) is 13.2. The molecule has 1 heterocycles. The van der Waals surface area contributed by atoms with Crippen molar-refractivity contribution in [3.63, 3.8) is 0 Å². The van der Waals surface area contributed by atoms with Crippen molar-refractivity contribution in [3.05, 3.63) is 28.8 Å². The zero-order valence-corrected chi connectivity index (χ0v) is 11.7. The molecule has 1 spiro atoms. The Hall–Kier alpha value is -1.75. The van der Waals surface area contributed by atoms with Crippen molar-refractivity contribution < 1.29 is 9.59 Å². The van der Waals surface area contributed by atoms with Gasteiger partial charge in [-0.15, -0.1) is 0 Å².